The van der Waals surface area contributed by atoms with Gasteiger partial charge < -0.3 is 9.32 Å². The minimum Gasteiger partial charge on any atom is -0.455 e. The van der Waals surface area contributed by atoms with E-state index in [-0.39, 0.29) is 0 Å². The Hall–Kier alpha value is -9.05. The molecule has 0 bridgehead atoms. The molecular weight excluding hydrogens is 837 g/mol. The predicted octanol–water partition coefficient (Wildman–Crippen LogP) is 17.5. The van der Waals surface area contributed by atoms with Crippen molar-refractivity contribution >= 4 is 39.0 Å². The number of aromatic nitrogens is 1. The van der Waals surface area contributed by atoms with E-state index in [1.54, 1.807) is 0 Å². The third-order valence-corrected chi connectivity index (χ3v) is 14.6. The third kappa shape index (κ3) is 5.97. The lowest BCUT2D eigenvalue weighted by atomic mass is 9.70. The highest BCUT2D eigenvalue weighted by Gasteiger charge is 2.52. The number of rotatable bonds is 7. The van der Waals surface area contributed by atoms with Crippen LogP contribution < -0.4 is 4.90 Å². The molecule has 1 spiro atoms. The van der Waals surface area contributed by atoms with E-state index >= 15 is 0 Å². The molecular formula is C66H42N2O. The van der Waals surface area contributed by atoms with Gasteiger partial charge in [0.25, 0.3) is 0 Å². The SMILES string of the molecule is c1ccc(-c2ccc(N(c3ccc(-c4ccc5c(c4)C4(c6ccccc6-c6ccccc64)c4cccnc4-5)cc3)c3ccc(-c4ccccc4)c(-c4cccc5c4oc4ccccc45)c3)cc2)cc1. The fourth-order valence-electron chi connectivity index (χ4n) is 11.5. The minimum absolute atomic E-state index is 0.457. The van der Waals surface area contributed by atoms with Crippen LogP contribution in [-0.4, -0.2) is 4.98 Å². The second-order valence-corrected chi connectivity index (χ2v) is 18.2. The maximum Gasteiger partial charge on any atom is 0.143 e. The van der Waals surface area contributed by atoms with Gasteiger partial charge in [-0.15, -0.1) is 0 Å². The first-order chi connectivity index (χ1) is 34.2. The lowest BCUT2D eigenvalue weighted by Crippen LogP contribution is -2.25. The summed E-state index contributed by atoms with van der Waals surface area (Å²) in [7, 11) is 0. The van der Waals surface area contributed by atoms with Crippen molar-refractivity contribution in [1.29, 1.82) is 0 Å². The highest BCUT2D eigenvalue weighted by atomic mass is 16.3. The van der Waals surface area contributed by atoms with E-state index in [0.29, 0.717) is 0 Å². The molecule has 0 saturated heterocycles. The van der Waals surface area contributed by atoms with Crippen molar-refractivity contribution in [2.24, 2.45) is 0 Å². The first kappa shape index (κ1) is 39.1. The smallest absolute Gasteiger partial charge is 0.143 e. The van der Waals surface area contributed by atoms with Gasteiger partial charge in [0, 0.05) is 45.2 Å². The monoisotopic (exact) mass is 878 g/mol. The zero-order valence-electron chi connectivity index (χ0n) is 37.6. The summed E-state index contributed by atoms with van der Waals surface area (Å²) in [6.45, 7) is 0. The number of benzene rings is 10. The van der Waals surface area contributed by atoms with Gasteiger partial charge in [-0.05, 0) is 127 Å². The van der Waals surface area contributed by atoms with E-state index in [1.807, 2.05) is 12.3 Å². The van der Waals surface area contributed by atoms with Crippen molar-refractivity contribution < 1.29 is 4.42 Å². The molecule has 0 aliphatic heterocycles. The highest BCUT2D eigenvalue weighted by Crippen LogP contribution is 2.62. The normalized spacial score (nSPS) is 12.8. The first-order valence-electron chi connectivity index (χ1n) is 23.7. The fraction of sp³-hybridized carbons (Fsp3) is 0.0152. The Morgan fingerprint density at radius 2 is 0.855 bits per heavy atom. The molecule has 14 rings (SSSR count). The largest absolute Gasteiger partial charge is 0.455 e. The number of hydrogen-bond donors (Lipinski definition) is 0. The number of para-hydroxylation sites is 2. The average molecular weight is 879 g/mol. The minimum atomic E-state index is -0.457. The van der Waals surface area contributed by atoms with Gasteiger partial charge in [-0.25, -0.2) is 0 Å². The summed E-state index contributed by atoms with van der Waals surface area (Å²) in [4.78, 5) is 7.42. The molecule has 0 saturated carbocycles. The topological polar surface area (TPSA) is 29.3 Å². The van der Waals surface area contributed by atoms with Crippen molar-refractivity contribution in [3.63, 3.8) is 0 Å². The van der Waals surface area contributed by atoms with Gasteiger partial charge in [-0.3, -0.25) is 4.98 Å². The Morgan fingerprint density at radius 1 is 0.319 bits per heavy atom. The number of hydrogen-bond acceptors (Lipinski definition) is 3. The van der Waals surface area contributed by atoms with Crippen LogP contribution in [0.25, 0.3) is 88.8 Å². The molecule has 0 radical (unpaired) electrons. The van der Waals surface area contributed by atoms with Crippen molar-refractivity contribution in [3.05, 3.63) is 277 Å². The molecule has 2 aromatic heterocycles. The number of furan rings is 1. The molecule has 0 unspecified atom stereocenters. The van der Waals surface area contributed by atoms with Crippen LogP contribution in [0.1, 0.15) is 22.3 Å². The quantitative estimate of drug-likeness (QED) is 0.160. The predicted molar refractivity (Wildman–Crippen MR) is 284 cm³/mol. The fourth-order valence-corrected chi connectivity index (χ4v) is 11.5. The summed E-state index contributed by atoms with van der Waals surface area (Å²) in [6, 6.07) is 90.2. The molecule has 0 N–H and O–H groups in total. The standard InChI is InChI=1S/C66H42N2O/c1-3-15-43(16-4-1)44-28-33-48(34-29-44)68(50-37-39-51(46-17-5-2-6-18-46)58(42-50)56-23-13-22-55-54-21-9-12-27-63(54)69-65(55)56)49-35-30-45(31-36-49)47-32-38-57-62(41-47)66(61-26-14-40-67-64(57)61)59-24-10-7-19-52(59)53-20-8-11-25-60(53)66/h1-42H. The van der Waals surface area contributed by atoms with Gasteiger partial charge in [0.1, 0.15) is 11.2 Å². The molecule has 0 atom stereocenters. The summed E-state index contributed by atoms with van der Waals surface area (Å²) < 4.78 is 6.70. The zero-order chi connectivity index (χ0) is 45.5. The van der Waals surface area contributed by atoms with E-state index in [0.717, 1.165) is 72.5 Å². The maximum atomic E-state index is 6.70. The lowest BCUT2D eigenvalue weighted by Gasteiger charge is -2.30. The molecule has 10 aromatic carbocycles. The van der Waals surface area contributed by atoms with Crippen LogP contribution in [0.4, 0.5) is 17.1 Å². The van der Waals surface area contributed by atoms with Crippen LogP contribution in [0.15, 0.2) is 259 Å². The average Bonchev–Trinajstić information content (AvgIpc) is 4.06. The Balaban J connectivity index is 0.925. The molecule has 322 valence electrons. The van der Waals surface area contributed by atoms with Crippen LogP contribution in [-0.2, 0) is 5.41 Å². The Kier molecular flexibility index (Phi) is 8.80. The molecule has 2 aliphatic rings. The van der Waals surface area contributed by atoms with Crippen molar-refractivity contribution in [3.8, 4) is 66.9 Å². The van der Waals surface area contributed by atoms with Gasteiger partial charge in [-0.1, -0.05) is 194 Å². The summed E-state index contributed by atoms with van der Waals surface area (Å²) in [5.74, 6) is 0. The van der Waals surface area contributed by atoms with Crippen LogP contribution in [0.5, 0.6) is 0 Å². The molecule has 2 aliphatic carbocycles. The molecule has 69 heavy (non-hydrogen) atoms. The second-order valence-electron chi connectivity index (χ2n) is 18.2. The van der Waals surface area contributed by atoms with Crippen molar-refractivity contribution in [2.45, 2.75) is 5.41 Å². The van der Waals surface area contributed by atoms with E-state index in [4.69, 9.17) is 9.40 Å². The van der Waals surface area contributed by atoms with Crippen LogP contribution in [0, 0.1) is 0 Å². The Labute approximate surface area is 400 Å². The van der Waals surface area contributed by atoms with Crippen LogP contribution in [0.3, 0.4) is 0 Å². The van der Waals surface area contributed by atoms with E-state index < -0.39 is 5.41 Å². The summed E-state index contributed by atoms with van der Waals surface area (Å²) >= 11 is 0. The van der Waals surface area contributed by atoms with Gasteiger partial charge >= 0.3 is 0 Å². The Bertz CT molecular complexity index is 3880. The molecule has 0 amide bonds. The van der Waals surface area contributed by atoms with Gasteiger partial charge in [0.2, 0.25) is 0 Å². The van der Waals surface area contributed by atoms with E-state index in [1.165, 1.54) is 55.6 Å². The van der Waals surface area contributed by atoms with E-state index in [9.17, 15) is 0 Å². The zero-order valence-corrected chi connectivity index (χ0v) is 37.6. The van der Waals surface area contributed by atoms with Crippen molar-refractivity contribution in [1.82, 2.24) is 4.98 Å². The number of pyridine rings is 1. The van der Waals surface area contributed by atoms with Gasteiger partial charge in [0.05, 0.1) is 11.1 Å². The maximum absolute atomic E-state index is 6.70. The summed E-state index contributed by atoms with van der Waals surface area (Å²) in [5.41, 5.74) is 23.6. The van der Waals surface area contributed by atoms with Crippen molar-refractivity contribution in [2.75, 3.05) is 4.90 Å². The highest BCUT2D eigenvalue weighted by molar-refractivity contribution is 6.11. The molecule has 12 aromatic rings. The molecule has 2 heterocycles. The number of nitrogens with zero attached hydrogens (tertiary/aromatic N) is 2. The first-order valence-corrected chi connectivity index (χ1v) is 23.7. The lowest BCUT2D eigenvalue weighted by molar-refractivity contribution is 0.670. The summed E-state index contributed by atoms with van der Waals surface area (Å²) in [5, 5.41) is 2.22. The van der Waals surface area contributed by atoms with Crippen LogP contribution >= 0.6 is 0 Å². The number of fused-ring (bicyclic) bond motifs is 13. The number of anilines is 3. The molecule has 0 fully saturated rings. The Morgan fingerprint density at radius 3 is 1.58 bits per heavy atom. The van der Waals surface area contributed by atoms with E-state index in [2.05, 4.69) is 248 Å². The third-order valence-electron chi connectivity index (χ3n) is 14.6. The summed E-state index contributed by atoms with van der Waals surface area (Å²) in [6.07, 6.45) is 1.93. The van der Waals surface area contributed by atoms with Gasteiger partial charge in [-0.2, -0.15) is 0 Å². The molecule has 3 heteroatoms. The second kappa shape index (κ2) is 15.5. The van der Waals surface area contributed by atoms with Gasteiger partial charge in [0.15, 0.2) is 0 Å². The molecule has 3 nitrogen and oxygen atoms in total. The van der Waals surface area contributed by atoms with Crippen LogP contribution in [0.2, 0.25) is 0 Å².